The lowest BCUT2D eigenvalue weighted by Gasteiger charge is -2.03. The molecule has 0 bridgehead atoms. The smallest absolute Gasteiger partial charge is 0.320 e. The Kier molecular flexibility index (Phi) is 16.6. The van der Waals surface area contributed by atoms with Crippen LogP contribution in [0, 0.1) is 0 Å². The minimum absolute atomic E-state index is 0. The van der Waals surface area contributed by atoms with E-state index >= 15 is 0 Å². The molecule has 0 amide bonds. The first-order valence-electron chi connectivity index (χ1n) is 4.29. The van der Waals surface area contributed by atoms with Crippen LogP contribution in [0.4, 0.5) is 0 Å². The lowest BCUT2D eigenvalue weighted by molar-refractivity contribution is -0.138. The summed E-state index contributed by atoms with van der Waals surface area (Å²) in [6.07, 6.45) is 2.16. The van der Waals surface area contributed by atoms with Crippen molar-refractivity contribution in [3.63, 3.8) is 0 Å². The van der Waals surface area contributed by atoms with Gasteiger partial charge in [0.15, 0.2) is 0 Å². The highest BCUT2D eigenvalue weighted by Gasteiger charge is 2.09. The van der Waals surface area contributed by atoms with Crippen LogP contribution in [-0.2, 0) is 9.59 Å². The first-order chi connectivity index (χ1) is 6.41. The summed E-state index contributed by atoms with van der Waals surface area (Å²) in [6, 6.07) is -0.716. The lowest BCUT2D eigenvalue weighted by atomic mass is 10.1. The van der Waals surface area contributed by atoms with E-state index in [1.165, 1.54) is 0 Å². The molecule has 0 aliphatic heterocycles. The van der Waals surface area contributed by atoms with Gasteiger partial charge >= 0.3 is 5.97 Å². The standard InChI is InChI=1S/C6H14N2O2.C2H4O2.H3N/c7-4-2-1-3-5(8)6(9)10;1-2(3)4;/h5H,1-4,7-8H2,(H,9,10);1H3,(H,3,4);1H3/t5-;;/m0../s1. The second kappa shape index (κ2) is 12.8. The number of carboxylic acid groups (broad SMARTS) is 2. The summed E-state index contributed by atoms with van der Waals surface area (Å²) in [6.45, 7) is 1.69. The maximum atomic E-state index is 10.1. The summed E-state index contributed by atoms with van der Waals surface area (Å²) in [4.78, 5) is 19.1. The molecule has 9 N–H and O–H groups in total. The maximum Gasteiger partial charge on any atom is 0.320 e. The van der Waals surface area contributed by atoms with E-state index < -0.39 is 18.0 Å². The molecular weight excluding hydrogens is 202 g/mol. The van der Waals surface area contributed by atoms with E-state index in [0.717, 1.165) is 19.8 Å². The van der Waals surface area contributed by atoms with Crippen molar-refractivity contribution in [2.45, 2.75) is 32.2 Å². The Hall–Kier alpha value is -1.18. The molecule has 0 spiro atoms. The predicted molar refractivity (Wildman–Crippen MR) is 56.8 cm³/mol. The van der Waals surface area contributed by atoms with E-state index in [-0.39, 0.29) is 6.15 Å². The van der Waals surface area contributed by atoms with Gasteiger partial charge in [0.25, 0.3) is 5.97 Å². The van der Waals surface area contributed by atoms with Crippen LogP contribution in [0.2, 0.25) is 0 Å². The molecule has 1 atom stereocenters. The van der Waals surface area contributed by atoms with Gasteiger partial charge in [-0.1, -0.05) is 6.42 Å². The van der Waals surface area contributed by atoms with Crippen LogP contribution in [-0.4, -0.2) is 34.7 Å². The second-order valence-corrected chi connectivity index (χ2v) is 2.75. The van der Waals surface area contributed by atoms with Gasteiger partial charge in [-0.2, -0.15) is 0 Å². The fraction of sp³-hybridized carbons (Fsp3) is 0.750. The first kappa shape index (κ1) is 19.4. The molecule has 0 radical (unpaired) electrons. The molecule has 0 aromatic rings. The SMILES string of the molecule is CC(=O)O.N.NCCCC[C@H](N)C(=O)O. The van der Waals surface area contributed by atoms with Crippen molar-refractivity contribution < 1.29 is 19.8 Å². The highest BCUT2D eigenvalue weighted by molar-refractivity contribution is 5.72. The monoisotopic (exact) mass is 223 g/mol. The molecule has 0 saturated carbocycles. The average Bonchev–Trinajstić information content (AvgIpc) is 2.03. The maximum absolute atomic E-state index is 10.1. The summed E-state index contributed by atoms with van der Waals surface area (Å²) in [5.74, 6) is -1.77. The van der Waals surface area contributed by atoms with Crippen LogP contribution in [0.3, 0.4) is 0 Å². The Morgan fingerprint density at radius 2 is 1.67 bits per heavy atom. The summed E-state index contributed by atoms with van der Waals surface area (Å²) in [5, 5.41) is 15.7. The zero-order chi connectivity index (χ0) is 11.6. The van der Waals surface area contributed by atoms with Gasteiger partial charge in [0, 0.05) is 6.92 Å². The van der Waals surface area contributed by atoms with Crippen molar-refractivity contribution in [1.82, 2.24) is 6.15 Å². The van der Waals surface area contributed by atoms with E-state index in [4.69, 9.17) is 26.5 Å². The fourth-order valence-electron chi connectivity index (χ4n) is 0.632. The highest BCUT2D eigenvalue weighted by Crippen LogP contribution is 1.96. The summed E-state index contributed by atoms with van der Waals surface area (Å²) in [7, 11) is 0. The van der Waals surface area contributed by atoms with Crippen molar-refractivity contribution >= 4 is 11.9 Å². The van der Waals surface area contributed by atoms with Gasteiger partial charge in [0.05, 0.1) is 0 Å². The Labute approximate surface area is 89.0 Å². The highest BCUT2D eigenvalue weighted by atomic mass is 16.4. The average molecular weight is 223 g/mol. The van der Waals surface area contributed by atoms with Gasteiger partial charge in [-0.25, -0.2) is 0 Å². The number of carbonyl (C=O) groups is 2. The van der Waals surface area contributed by atoms with Crippen LogP contribution in [0.25, 0.3) is 0 Å². The third-order valence-corrected chi connectivity index (χ3v) is 1.29. The number of hydrogen-bond acceptors (Lipinski definition) is 5. The van der Waals surface area contributed by atoms with Gasteiger partial charge in [0.1, 0.15) is 6.04 Å². The zero-order valence-electron chi connectivity index (χ0n) is 8.98. The number of unbranched alkanes of at least 4 members (excludes halogenated alkanes) is 1. The van der Waals surface area contributed by atoms with E-state index in [0.29, 0.717) is 13.0 Å². The number of aliphatic carboxylic acids is 2. The van der Waals surface area contributed by atoms with Crippen LogP contribution in [0.1, 0.15) is 26.2 Å². The summed E-state index contributed by atoms with van der Waals surface area (Å²) >= 11 is 0. The molecule has 7 heteroatoms. The summed E-state index contributed by atoms with van der Waals surface area (Å²) < 4.78 is 0. The van der Waals surface area contributed by atoms with Gasteiger partial charge in [-0.15, -0.1) is 0 Å². The number of rotatable bonds is 5. The molecule has 0 heterocycles. The normalized spacial score (nSPS) is 10.3. The second-order valence-electron chi connectivity index (χ2n) is 2.75. The zero-order valence-corrected chi connectivity index (χ0v) is 8.98. The van der Waals surface area contributed by atoms with Crippen LogP contribution >= 0.6 is 0 Å². The molecule has 0 saturated heterocycles. The van der Waals surface area contributed by atoms with Crippen molar-refractivity contribution in [2.24, 2.45) is 11.5 Å². The Balaban J connectivity index is -0.000000249. The number of carboxylic acids is 2. The molecule has 0 aliphatic carbocycles. The molecule has 0 fully saturated rings. The van der Waals surface area contributed by atoms with Crippen LogP contribution < -0.4 is 17.6 Å². The molecule has 0 aromatic heterocycles. The molecule has 0 unspecified atom stereocenters. The van der Waals surface area contributed by atoms with E-state index in [1.54, 1.807) is 0 Å². The Bertz CT molecular complexity index is 171. The topological polar surface area (TPSA) is 162 Å². The molecule has 0 rings (SSSR count). The third-order valence-electron chi connectivity index (χ3n) is 1.29. The third kappa shape index (κ3) is 24.5. The summed E-state index contributed by atoms with van der Waals surface area (Å²) in [5.41, 5.74) is 10.4. The molecule has 92 valence electrons. The predicted octanol–water partition coefficient (Wildman–Crippen LogP) is -0.220. The Morgan fingerprint density at radius 1 is 1.27 bits per heavy atom. The van der Waals surface area contributed by atoms with Crippen molar-refractivity contribution in [3.05, 3.63) is 0 Å². The van der Waals surface area contributed by atoms with Crippen molar-refractivity contribution in [3.8, 4) is 0 Å². The van der Waals surface area contributed by atoms with Gasteiger partial charge in [0.2, 0.25) is 0 Å². The van der Waals surface area contributed by atoms with Crippen molar-refractivity contribution in [1.29, 1.82) is 0 Å². The van der Waals surface area contributed by atoms with Gasteiger partial charge in [-0.3, -0.25) is 9.59 Å². The molecule has 7 nitrogen and oxygen atoms in total. The van der Waals surface area contributed by atoms with Gasteiger partial charge in [-0.05, 0) is 19.4 Å². The largest absolute Gasteiger partial charge is 0.481 e. The van der Waals surface area contributed by atoms with Crippen molar-refractivity contribution in [2.75, 3.05) is 6.54 Å². The minimum atomic E-state index is -0.933. The Morgan fingerprint density at radius 3 is 1.93 bits per heavy atom. The number of hydrogen-bond donors (Lipinski definition) is 5. The molecule has 0 aromatic carbocycles. The molecule has 15 heavy (non-hydrogen) atoms. The molecular formula is C8H21N3O4. The lowest BCUT2D eigenvalue weighted by Crippen LogP contribution is -2.29. The van der Waals surface area contributed by atoms with E-state index in [2.05, 4.69) is 0 Å². The van der Waals surface area contributed by atoms with Gasteiger partial charge < -0.3 is 27.8 Å². The minimum Gasteiger partial charge on any atom is -0.481 e. The van der Waals surface area contributed by atoms with E-state index in [1.807, 2.05) is 0 Å². The molecule has 0 aliphatic rings. The quantitative estimate of drug-likeness (QED) is 0.402. The van der Waals surface area contributed by atoms with Crippen LogP contribution in [0.5, 0.6) is 0 Å². The first-order valence-corrected chi connectivity index (χ1v) is 4.29. The van der Waals surface area contributed by atoms with E-state index in [9.17, 15) is 4.79 Å². The number of nitrogens with two attached hydrogens (primary N) is 2. The fourth-order valence-corrected chi connectivity index (χ4v) is 0.632. The van der Waals surface area contributed by atoms with Crippen LogP contribution in [0.15, 0.2) is 0 Å².